The van der Waals surface area contributed by atoms with Gasteiger partial charge in [0.15, 0.2) is 11.5 Å². The van der Waals surface area contributed by atoms with Crippen LogP contribution in [-0.2, 0) is 13.2 Å². The van der Waals surface area contributed by atoms with Gasteiger partial charge in [0.05, 0.1) is 17.2 Å². The molecule has 0 fully saturated rings. The fraction of sp³-hybridized carbons (Fsp3) is 0.280. The Kier molecular flexibility index (Phi) is 8.59. The molecule has 3 nitrogen and oxygen atoms in total. The van der Waals surface area contributed by atoms with Crippen molar-refractivity contribution in [2.75, 3.05) is 7.11 Å². The molecule has 0 heterocycles. The molecule has 0 saturated heterocycles. The molecule has 0 aliphatic rings. The zero-order chi connectivity index (χ0) is 22.2. The average molecular weight is 462 g/mol. The van der Waals surface area contributed by atoms with Gasteiger partial charge in [0.2, 0.25) is 0 Å². The van der Waals surface area contributed by atoms with E-state index in [1.54, 1.807) is 19.2 Å². The Balaban J connectivity index is 1.74. The topological polar surface area (TPSA) is 30.5 Å². The molecule has 164 valence electrons. The van der Waals surface area contributed by atoms with Gasteiger partial charge in [-0.3, -0.25) is 0 Å². The molecule has 0 bridgehead atoms. The van der Waals surface area contributed by atoms with E-state index in [1.807, 2.05) is 30.3 Å². The van der Waals surface area contributed by atoms with Crippen LogP contribution in [-0.4, -0.2) is 7.11 Å². The van der Waals surface area contributed by atoms with Crippen molar-refractivity contribution >= 4 is 23.2 Å². The summed E-state index contributed by atoms with van der Waals surface area (Å²) in [6.07, 6.45) is 2.10. The average Bonchev–Trinajstić information content (AvgIpc) is 2.77. The van der Waals surface area contributed by atoms with Gasteiger partial charge >= 0.3 is 0 Å². The summed E-state index contributed by atoms with van der Waals surface area (Å²) < 4.78 is 25.3. The molecule has 1 unspecified atom stereocenters. The minimum atomic E-state index is -0.425. The molecule has 0 saturated carbocycles. The molecule has 0 aliphatic carbocycles. The van der Waals surface area contributed by atoms with E-state index in [0.29, 0.717) is 28.1 Å². The standard InChI is InChI=1S/C25H26Cl2FNO2/c1-3-8-23(18-9-5-4-6-10-18)29-15-17-13-21(27)25(24(14-17)30-2)31-16-19-20(26)11-7-12-22(19)28/h4-7,9-14,23,29H,3,8,15-16H2,1-2H3. The number of nitrogens with one attached hydrogen (secondary N) is 1. The van der Waals surface area contributed by atoms with Crippen LogP contribution in [0.4, 0.5) is 4.39 Å². The first-order valence-electron chi connectivity index (χ1n) is 10.2. The van der Waals surface area contributed by atoms with Gasteiger partial charge in [0.1, 0.15) is 12.4 Å². The van der Waals surface area contributed by atoms with E-state index in [0.717, 1.165) is 18.4 Å². The second-order valence-corrected chi connectivity index (χ2v) is 8.05. The number of methoxy groups -OCH3 is 1. The second kappa shape index (κ2) is 11.4. The lowest BCUT2D eigenvalue weighted by Gasteiger charge is -2.20. The molecular weight excluding hydrogens is 436 g/mol. The Morgan fingerprint density at radius 2 is 1.77 bits per heavy atom. The number of halogens is 3. The lowest BCUT2D eigenvalue weighted by molar-refractivity contribution is 0.279. The molecule has 0 amide bonds. The third-order valence-corrected chi connectivity index (χ3v) is 5.68. The van der Waals surface area contributed by atoms with Crippen molar-refractivity contribution in [2.24, 2.45) is 0 Å². The molecule has 0 spiro atoms. The Labute approximate surface area is 193 Å². The number of hydrogen-bond donors (Lipinski definition) is 1. The van der Waals surface area contributed by atoms with E-state index in [9.17, 15) is 4.39 Å². The highest BCUT2D eigenvalue weighted by Crippen LogP contribution is 2.37. The van der Waals surface area contributed by atoms with E-state index in [2.05, 4.69) is 24.4 Å². The Hall–Kier alpha value is -2.27. The Morgan fingerprint density at radius 1 is 1.00 bits per heavy atom. The summed E-state index contributed by atoms with van der Waals surface area (Å²) in [6.45, 7) is 2.74. The monoisotopic (exact) mass is 461 g/mol. The number of benzene rings is 3. The van der Waals surface area contributed by atoms with Crippen molar-refractivity contribution in [3.05, 3.63) is 93.2 Å². The van der Waals surface area contributed by atoms with Crippen LogP contribution < -0.4 is 14.8 Å². The molecule has 31 heavy (non-hydrogen) atoms. The first kappa shape index (κ1) is 23.4. The largest absolute Gasteiger partial charge is 0.493 e. The Morgan fingerprint density at radius 3 is 2.45 bits per heavy atom. The van der Waals surface area contributed by atoms with Gasteiger partial charge in [0, 0.05) is 18.2 Å². The van der Waals surface area contributed by atoms with Gasteiger partial charge < -0.3 is 14.8 Å². The SMILES string of the molecule is CCCC(NCc1cc(Cl)c(OCc2c(F)cccc2Cl)c(OC)c1)c1ccccc1. The van der Waals surface area contributed by atoms with Crippen LogP contribution in [0.15, 0.2) is 60.7 Å². The fourth-order valence-electron chi connectivity index (χ4n) is 3.43. The van der Waals surface area contributed by atoms with E-state index in [-0.39, 0.29) is 18.2 Å². The number of rotatable bonds is 10. The van der Waals surface area contributed by atoms with Gasteiger partial charge in [-0.05, 0) is 41.8 Å². The highest BCUT2D eigenvalue weighted by atomic mass is 35.5. The first-order chi connectivity index (χ1) is 15.0. The molecule has 3 aromatic rings. The highest BCUT2D eigenvalue weighted by molar-refractivity contribution is 6.32. The predicted molar refractivity (Wildman–Crippen MR) is 125 cm³/mol. The molecule has 6 heteroatoms. The zero-order valence-corrected chi connectivity index (χ0v) is 19.1. The second-order valence-electron chi connectivity index (χ2n) is 7.23. The van der Waals surface area contributed by atoms with Crippen LogP contribution in [0.25, 0.3) is 0 Å². The first-order valence-corrected chi connectivity index (χ1v) is 11.0. The molecule has 0 aromatic heterocycles. The van der Waals surface area contributed by atoms with E-state index >= 15 is 0 Å². The number of hydrogen-bond acceptors (Lipinski definition) is 3. The van der Waals surface area contributed by atoms with Gasteiger partial charge in [-0.25, -0.2) is 4.39 Å². The van der Waals surface area contributed by atoms with Gasteiger partial charge in [-0.15, -0.1) is 0 Å². The third kappa shape index (κ3) is 6.13. The molecule has 0 aliphatic heterocycles. The van der Waals surface area contributed by atoms with Crippen LogP contribution in [0, 0.1) is 5.82 Å². The van der Waals surface area contributed by atoms with E-state index in [4.69, 9.17) is 32.7 Å². The normalized spacial score (nSPS) is 11.9. The quantitative estimate of drug-likeness (QED) is 0.342. The van der Waals surface area contributed by atoms with Crippen molar-refractivity contribution in [3.8, 4) is 11.5 Å². The van der Waals surface area contributed by atoms with Crippen LogP contribution in [0.1, 0.15) is 42.5 Å². The van der Waals surface area contributed by atoms with Crippen LogP contribution in [0.5, 0.6) is 11.5 Å². The summed E-state index contributed by atoms with van der Waals surface area (Å²) in [6, 6.07) is 18.9. The molecule has 3 aromatic carbocycles. The maximum Gasteiger partial charge on any atom is 0.180 e. The zero-order valence-electron chi connectivity index (χ0n) is 17.6. The van der Waals surface area contributed by atoms with Crippen molar-refractivity contribution < 1.29 is 13.9 Å². The van der Waals surface area contributed by atoms with Crippen LogP contribution in [0.2, 0.25) is 10.0 Å². The molecular formula is C25H26Cl2FNO2. The molecule has 1 atom stereocenters. The number of ether oxygens (including phenoxy) is 2. The predicted octanol–water partition coefficient (Wildman–Crippen LogP) is 7.35. The van der Waals surface area contributed by atoms with E-state index < -0.39 is 5.82 Å². The summed E-state index contributed by atoms with van der Waals surface area (Å²) in [5.41, 5.74) is 2.50. The van der Waals surface area contributed by atoms with Crippen LogP contribution in [0.3, 0.4) is 0 Å². The van der Waals surface area contributed by atoms with Crippen molar-refractivity contribution in [2.45, 2.75) is 39.0 Å². The summed E-state index contributed by atoms with van der Waals surface area (Å²) >= 11 is 12.6. The van der Waals surface area contributed by atoms with Gasteiger partial charge in [-0.2, -0.15) is 0 Å². The summed E-state index contributed by atoms with van der Waals surface area (Å²) in [5, 5.41) is 4.30. The van der Waals surface area contributed by atoms with Crippen molar-refractivity contribution in [1.82, 2.24) is 5.32 Å². The lowest BCUT2D eigenvalue weighted by Crippen LogP contribution is -2.20. The minimum absolute atomic E-state index is 0.0498. The van der Waals surface area contributed by atoms with Crippen LogP contribution >= 0.6 is 23.2 Å². The summed E-state index contributed by atoms with van der Waals surface area (Å²) in [7, 11) is 1.55. The maximum atomic E-state index is 14.0. The summed E-state index contributed by atoms with van der Waals surface area (Å²) in [5.74, 6) is 0.426. The molecule has 3 rings (SSSR count). The highest BCUT2D eigenvalue weighted by Gasteiger charge is 2.16. The smallest absolute Gasteiger partial charge is 0.180 e. The van der Waals surface area contributed by atoms with Crippen molar-refractivity contribution in [1.29, 1.82) is 0 Å². The molecule has 1 N–H and O–H groups in total. The summed E-state index contributed by atoms with van der Waals surface area (Å²) in [4.78, 5) is 0. The Bertz CT molecular complexity index is 978. The van der Waals surface area contributed by atoms with Gasteiger partial charge in [0.25, 0.3) is 0 Å². The third-order valence-electron chi connectivity index (χ3n) is 5.04. The molecule has 0 radical (unpaired) electrons. The fourth-order valence-corrected chi connectivity index (χ4v) is 3.94. The van der Waals surface area contributed by atoms with E-state index in [1.165, 1.54) is 11.6 Å². The maximum absolute atomic E-state index is 14.0. The lowest BCUT2D eigenvalue weighted by atomic mass is 10.0. The van der Waals surface area contributed by atoms with Crippen molar-refractivity contribution in [3.63, 3.8) is 0 Å². The van der Waals surface area contributed by atoms with Gasteiger partial charge in [-0.1, -0.05) is 72.9 Å². The minimum Gasteiger partial charge on any atom is -0.493 e.